The van der Waals surface area contributed by atoms with E-state index in [9.17, 15) is 18.0 Å². The summed E-state index contributed by atoms with van der Waals surface area (Å²) in [6.07, 6.45) is 1.07. The number of carbonyl (C=O) groups excluding carboxylic acids is 2. The Balaban J connectivity index is 2.10. The lowest BCUT2D eigenvalue weighted by molar-refractivity contribution is -0.140. The number of carbonyl (C=O) groups is 2. The molecule has 0 unspecified atom stereocenters. The maximum atomic E-state index is 14.2. The van der Waals surface area contributed by atoms with Gasteiger partial charge in [0.05, 0.1) is 20.6 Å². The van der Waals surface area contributed by atoms with Crippen LogP contribution < -0.4 is 9.62 Å². The second-order valence-electron chi connectivity index (χ2n) is 10.1. The third kappa shape index (κ3) is 8.03. The van der Waals surface area contributed by atoms with E-state index in [1.165, 1.54) is 35.2 Å². The van der Waals surface area contributed by atoms with Gasteiger partial charge in [-0.15, -0.1) is 0 Å². The molecule has 0 radical (unpaired) electrons. The Hall–Kier alpha value is -3.07. The molecular formula is C31H37Cl2N3O4S. The molecule has 1 N–H and O–H groups in total. The Morgan fingerprint density at radius 2 is 1.56 bits per heavy atom. The van der Waals surface area contributed by atoms with E-state index in [0.717, 1.165) is 27.4 Å². The minimum Gasteiger partial charge on any atom is -0.352 e. The summed E-state index contributed by atoms with van der Waals surface area (Å²) in [5.74, 6) is -0.813. The molecule has 7 nitrogen and oxygen atoms in total. The van der Waals surface area contributed by atoms with Gasteiger partial charge < -0.3 is 10.2 Å². The molecule has 2 atom stereocenters. The zero-order valence-electron chi connectivity index (χ0n) is 24.0. The highest BCUT2D eigenvalue weighted by Gasteiger charge is 2.34. The molecule has 0 aliphatic rings. The molecule has 0 aliphatic heterocycles. The molecule has 0 aromatic heterocycles. The van der Waals surface area contributed by atoms with Crippen molar-refractivity contribution in [2.24, 2.45) is 0 Å². The molecule has 0 bridgehead atoms. The Bertz CT molecular complexity index is 1480. The van der Waals surface area contributed by atoms with Crippen LogP contribution in [0.1, 0.15) is 50.3 Å². The molecular weight excluding hydrogens is 581 g/mol. The van der Waals surface area contributed by atoms with Gasteiger partial charge in [0.25, 0.3) is 10.0 Å². The molecule has 0 saturated carbocycles. The number of nitrogens with zero attached hydrogens (tertiary/aromatic N) is 2. The fourth-order valence-corrected chi connectivity index (χ4v) is 6.04. The zero-order valence-corrected chi connectivity index (χ0v) is 26.4. The van der Waals surface area contributed by atoms with Crippen LogP contribution in [0.15, 0.2) is 71.6 Å². The molecule has 220 valence electrons. The number of amides is 2. The monoisotopic (exact) mass is 617 g/mol. The lowest BCUT2D eigenvalue weighted by Crippen LogP contribution is -2.53. The van der Waals surface area contributed by atoms with E-state index >= 15 is 0 Å². The topological polar surface area (TPSA) is 86.8 Å². The predicted octanol–water partition coefficient (Wildman–Crippen LogP) is 6.53. The predicted molar refractivity (Wildman–Crippen MR) is 166 cm³/mol. The Kier molecular flexibility index (Phi) is 11.2. The van der Waals surface area contributed by atoms with Gasteiger partial charge in [0.15, 0.2) is 0 Å². The number of halogens is 2. The lowest BCUT2D eigenvalue weighted by Gasteiger charge is -2.34. The number of rotatable bonds is 12. The van der Waals surface area contributed by atoms with Gasteiger partial charge >= 0.3 is 0 Å². The van der Waals surface area contributed by atoms with Crippen molar-refractivity contribution in [3.05, 3.63) is 93.5 Å². The standard InChI is InChI=1S/C31H37Cl2N3O4S/c1-6-23(5)34-31(38)29(7-2)35(19-24-11-9-8-10-22(24)4)30(37)20-36(25-14-17-27(32)28(33)18-25)41(39,40)26-15-12-21(3)13-16-26/h8-18,23,29H,6-7,19-20H2,1-5H3,(H,34,38)/t23-,29+/m0/s1. The minimum atomic E-state index is -4.20. The van der Waals surface area contributed by atoms with Crippen molar-refractivity contribution < 1.29 is 18.0 Å². The maximum Gasteiger partial charge on any atom is 0.264 e. The summed E-state index contributed by atoms with van der Waals surface area (Å²) >= 11 is 12.4. The van der Waals surface area contributed by atoms with E-state index < -0.39 is 28.5 Å². The number of hydrogen-bond acceptors (Lipinski definition) is 4. The first-order chi connectivity index (χ1) is 19.4. The summed E-state index contributed by atoms with van der Waals surface area (Å²) in [6, 6.07) is 17.5. The molecule has 3 rings (SSSR count). The summed E-state index contributed by atoms with van der Waals surface area (Å²) in [5.41, 5.74) is 2.89. The van der Waals surface area contributed by atoms with Crippen molar-refractivity contribution >= 4 is 50.7 Å². The first-order valence-electron chi connectivity index (χ1n) is 13.6. The summed E-state index contributed by atoms with van der Waals surface area (Å²) in [5, 5.41) is 3.38. The van der Waals surface area contributed by atoms with Crippen LogP contribution in [0.2, 0.25) is 10.0 Å². The Labute approximate surface area is 253 Å². The molecule has 0 spiro atoms. The van der Waals surface area contributed by atoms with Gasteiger partial charge in [0.2, 0.25) is 11.8 Å². The molecule has 2 amide bonds. The minimum absolute atomic E-state index is 0.0222. The van der Waals surface area contributed by atoms with Gasteiger partial charge in [-0.3, -0.25) is 13.9 Å². The first-order valence-corrected chi connectivity index (χ1v) is 15.8. The smallest absolute Gasteiger partial charge is 0.264 e. The van der Waals surface area contributed by atoms with Crippen LogP contribution in [0.5, 0.6) is 0 Å². The molecule has 3 aromatic rings. The van der Waals surface area contributed by atoms with E-state index in [0.29, 0.717) is 6.42 Å². The van der Waals surface area contributed by atoms with Crippen LogP contribution in [0.3, 0.4) is 0 Å². The average Bonchev–Trinajstić information content (AvgIpc) is 2.94. The van der Waals surface area contributed by atoms with E-state index in [4.69, 9.17) is 23.2 Å². The van der Waals surface area contributed by atoms with E-state index in [-0.39, 0.29) is 39.1 Å². The summed E-state index contributed by atoms with van der Waals surface area (Å²) in [7, 11) is -4.20. The molecule has 0 heterocycles. The van der Waals surface area contributed by atoms with Crippen molar-refractivity contribution in [3.63, 3.8) is 0 Å². The molecule has 3 aromatic carbocycles. The second-order valence-corrected chi connectivity index (χ2v) is 12.8. The molecule has 0 saturated heterocycles. The normalized spacial score (nSPS) is 12.9. The SMILES string of the molecule is CC[C@H](C(=O)N[C@@H](C)CC)N(Cc1ccccc1C)C(=O)CN(c1ccc(Cl)c(Cl)c1)S(=O)(=O)c1ccc(C)cc1. The molecule has 41 heavy (non-hydrogen) atoms. The second kappa shape index (κ2) is 14.2. The summed E-state index contributed by atoms with van der Waals surface area (Å²) in [6.45, 7) is 9.08. The van der Waals surface area contributed by atoms with Crippen molar-refractivity contribution in [1.29, 1.82) is 0 Å². The van der Waals surface area contributed by atoms with Crippen LogP contribution >= 0.6 is 23.2 Å². The first kappa shape index (κ1) is 32.4. The number of benzene rings is 3. The maximum absolute atomic E-state index is 14.2. The van der Waals surface area contributed by atoms with E-state index in [1.807, 2.05) is 58.9 Å². The fraction of sp³-hybridized carbons (Fsp3) is 0.355. The lowest BCUT2D eigenvalue weighted by atomic mass is 10.1. The van der Waals surface area contributed by atoms with E-state index in [1.54, 1.807) is 12.1 Å². The van der Waals surface area contributed by atoms with Crippen molar-refractivity contribution in [3.8, 4) is 0 Å². The van der Waals surface area contributed by atoms with Gasteiger partial charge in [-0.1, -0.05) is 79.0 Å². The van der Waals surface area contributed by atoms with Gasteiger partial charge in [-0.25, -0.2) is 8.42 Å². The molecule has 10 heteroatoms. The zero-order chi connectivity index (χ0) is 30.3. The van der Waals surface area contributed by atoms with Crippen LogP contribution in [-0.4, -0.2) is 43.8 Å². The van der Waals surface area contributed by atoms with Crippen LogP contribution in [0.25, 0.3) is 0 Å². The largest absolute Gasteiger partial charge is 0.352 e. The van der Waals surface area contributed by atoms with Crippen LogP contribution in [0, 0.1) is 13.8 Å². The highest BCUT2D eigenvalue weighted by atomic mass is 35.5. The van der Waals surface area contributed by atoms with Gasteiger partial charge in [0.1, 0.15) is 12.6 Å². The van der Waals surface area contributed by atoms with Crippen molar-refractivity contribution in [1.82, 2.24) is 10.2 Å². The van der Waals surface area contributed by atoms with Gasteiger partial charge in [0, 0.05) is 12.6 Å². The number of nitrogens with one attached hydrogen (secondary N) is 1. The third-order valence-electron chi connectivity index (χ3n) is 7.07. The quantitative estimate of drug-likeness (QED) is 0.250. The van der Waals surface area contributed by atoms with Gasteiger partial charge in [-0.2, -0.15) is 0 Å². The third-order valence-corrected chi connectivity index (χ3v) is 9.60. The van der Waals surface area contributed by atoms with Gasteiger partial charge in [-0.05, 0) is 75.1 Å². The number of aryl methyl sites for hydroxylation is 2. The fourth-order valence-electron chi connectivity index (χ4n) is 4.34. The van der Waals surface area contributed by atoms with E-state index in [2.05, 4.69) is 5.32 Å². The molecule has 0 aliphatic carbocycles. The summed E-state index contributed by atoms with van der Waals surface area (Å²) in [4.78, 5) is 29.0. The highest BCUT2D eigenvalue weighted by molar-refractivity contribution is 7.92. The molecule has 0 fully saturated rings. The Morgan fingerprint density at radius 3 is 2.15 bits per heavy atom. The van der Waals surface area contributed by atoms with Crippen molar-refractivity contribution in [2.75, 3.05) is 10.8 Å². The average molecular weight is 619 g/mol. The number of hydrogen-bond donors (Lipinski definition) is 1. The Morgan fingerprint density at radius 1 is 0.902 bits per heavy atom. The van der Waals surface area contributed by atoms with Crippen LogP contribution in [0.4, 0.5) is 5.69 Å². The number of sulfonamides is 1. The van der Waals surface area contributed by atoms with Crippen LogP contribution in [-0.2, 0) is 26.2 Å². The summed E-state index contributed by atoms with van der Waals surface area (Å²) < 4.78 is 29.0. The highest BCUT2D eigenvalue weighted by Crippen LogP contribution is 2.31. The number of anilines is 1. The van der Waals surface area contributed by atoms with Crippen molar-refractivity contribution in [2.45, 2.75) is 71.0 Å².